The van der Waals surface area contributed by atoms with Gasteiger partial charge in [-0.3, -0.25) is 4.79 Å². The highest BCUT2D eigenvalue weighted by atomic mass is 35.5. The van der Waals surface area contributed by atoms with Crippen LogP contribution in [0.25, 0.3) is 20.5 Å². The van der Waals surface area contributed by atoms with Gasteiger partial charge in [0.15, 0.2) is 5.82 Å². The minimum absolute atomic E-state index is 0.196. The van der Waals surface area contributed by atoms with Gasteiger partial charge in [0.05, 0.1) is 12.6 Å². The van der Waals surface area contributed by atoms with Crippen molar-refractivity contribution in [1.29, 1.82) is 0 Å². The SMILES string of the molecule is CC(=O)Oc1nnc(NC2CCOC2)c2cc(-c3cccc(Cl)c3)sc12. The molecule has 0 saturated carbocycles. The Morgan fingerprint density at radius 3 is 3.00 bits per heavy atom. The predicted octanol–water partition coefficient (Wildman–Crippen LogP) is 4.14. The van der Waals surface area contributed by atoms with Gasteiger partial charge in [-0.15, -0.1) is 21.5 Å². The fourth-order valence-corrected chi connectivity index (χ4v) is 4.12. The van der Waals surface area contributed by atoms with Gasteiger partial charge in [-0.25, -0.2) is 0 Å². The van der Waals surface area contributed by atoms with E-state index in [1.165, 1.54) is 18.3 Å². The first-order chi connectivity index (χ1) is 12.6. The summed E-state index contributed by atoms with van der Waals surface area (Å²) in [6.07, 6.45) is 0.917. The largest absolute Gasteiger partial charge is 0.404 e. The number of carbonyl (C=O) groups is 1. The monoisotopic (exact) mass is 389 g/mol. The second-order valence-corrected chi connectivity index (χ2v) is 7.50. The van der Waals surface area contributed by atoms with Crippen LogP contribution in [0.1, 0.15) is 13.3 Å². The number of nitrogens with zero attached hydrogens (tertiary/aromatic N) is 2. The van der Waals surface area contributed by atoms with Crippen LogP contribution in [0.15, 0.2) is 30.3 Å². The molecule has 1 unspecified atom stereocenters. The molecule has 0 amide bonds. The van der Waals surface area contributed by atoms with Crippen LogP contribution in [0, 0.1) is 0 Å². The predicted molar refractivity (Wildman–Crippen MR) is 102 cm³/mol. The van der Waals surface area contributed by atoms with Crippen LogP contribution in [0.2, 0.25) is 5.02 Å². The molecule has 1 saturated heterocycles. The van der Waals surface area contributed by atoms with E-state index in [4.69, 9.17) is 21.1 Å². The lowest BCUT2D eigenvalue weighted by Gasteiger charge is -2.12. The Bertz CT molecular complexity index is 969. The van der Waals surface area contributed by atoms with Crippen molar-refractivity contribution in [3.05, 3.63) is 35.4 Å². The van der Waals surface area contributed by atoms with E-state index in [1.807, 2.05) is 30.3 Å². The lowest BCUT2D eigenvalue weighted by atomic mass is 10.1. The van der Waals surface area contributed by atoms with Crippen molar-refractivity contribution in [3.8, 4) is 16.3 Å². The molecule has 1 fully saturated rings. The van der Waals surface area contributed by atoms with Crippen molar-refractivity contribution >= 4 is 44.8 Å². The Morgan fingerprint density at radius 1 is 1.38 bits per heavy atom. The number of hydrogen-bond acceptors (Lipinski definition) is 7. The molecule has 26 heavy (non-hydrogen) atoms. The van der Waals surface area contributed by atoms with Crippen LogP contribution in [0.4, 0.5) is 5.82 Å². The number of aromatic nitrogens is 2. The summed E-state index contributed by atoms with van der Waals surface area (Å²) in [5.41, 5.74) is 0.989. The van der Waals surface area contributed by atoms with E-state index < -0.39 is 5.97 Å². The maximum atomic E-state index is 11.4. The van der Waals surface area contributed by atoms with Crippen molar-refractivity contribution in [3.63, 3.8) is 0 Å². The minimum Gasteiger partial charge on any atom is -0.404 e. The number of halogens is 1. The lowest BCUT2D eigenvalue weighted by molar-refractivity contribution is -0.132. The number of anilines is 1. The van der Waals surface area contributed by atoms with E-state index in [0.717, 1.165) is 33.6 Å². The van der Waals surface area contributed by atoms with Gasteiger partial charge in [0, 0.05) is 28.8 Å². The average molecular weight is 390 g/mol. The first-order valence-corrected chi connectivity index (χ1v) is 9.38. The third-order valence-electron chi connectivity index (χ3n) is 4.04. The number of benzene rings is 1. The third-order valence-corrected chi connectivity index (χ3v) is 5.45. The summed E-state index contributed by atoms with van der Waals surface area (Å²) in [4.78, 5) is 12.4. The summed E-state index contributed by atoms with van der Waals surface area (Å²) in [5.74, 6) is 0.457. The maximum absolute atomic E-state index is 11.4. The summed E-state index contributed by atoms with van der Waals surface area (Å²) >= 11 is 7.61. The quantitative estimate of drug-likeness (QED) is 0.676. The second-order valence-electron chi connectivity index (χ2n) is 6.02. The van der Waals surface area contributed by atoms with Gasteiger partial charge < -0.3 is 14.8 Å². The molecule has 1 aliphatic rings. The zero-order valence-corrected chi connectivity index (χ0v) is 15.6. The van der Waals surface area contributed by atoms with Gasteiger partial charge in [-0.05, 0) is 30.2 Å². The van der Waals surface area contributed by atoms with Crippen LogP contribution in [-0.2, 0) is 9.53 Å². The van der Waals surface area contributed by atoms with Gasteiger partial charge in [0.1, 0.15) is 4.70 Å². The number of hydrogen-bond donors (Lipinski definition) is 1. The summed E-state index contributed by atoms with van der Waals surface area (Å²) in [6, 6.07) is 9.84. The molecule has 1 atom stereocenters. The number of rotatable bonds is 4. The van der Waals surface area contributed by atoms with Crippen LogP contribution in [0.5, 0.6) is 5.88 Å². The first kappa shape index (κ1) is 17.2. The van der Waals surface area contributed by atoms with Crippen molar-refractivity contribution in [2.75, 3.05) is 18.5 Å². The van der Waals surface area contributed by atoms with Gasteiger partial charge in [0.25, 0.3) is 5.88 Å². The number of thiophene rings is 1. The van der Waals surface area contributed by atoms with E-state index in [0.29, 0.717) is 17.4 Å². The molecule has 0 spiro atoms. The Balaban J connectivity index is 1.81. The number of nitrogens with one attached hydrogen (secondary N) is 1. The van der Waals surface area contributed by atoms with Crippen molar-refractivity contribution in [2.24, 2.45) is 0 Å². The highest BCUT2D eigenvalue weighted by Crippen LogP contribution is 2.40. The molecular weight excluding hydrogens is 374 g/mol. The van der Waals surface area contributed by atoms with Crippen LogP contribution in [-0.4, -0.2) is 35.4 Å². The van der Waals surface area contributed by atoms with Crippen molar-refractivity contribution < 1.29 is 14.3 Å². The summed E-state index contributed by atoms with van der Waals surface area (Å²) in [5, 5.41) is 13.2. The van der Waals surface area contributed by atoms with Gasteiger partial charge >= 0.3 is 5.97 Å². The first-order valence-electron chi connectivity index (χ1n) is 8.19. The van der Waals surface area contributed by atoms with E-state index in [-0.39, 0.29) is 11.9 Å². The summed E-state index contributed by atoms with van der Waals surface area (Å²) in [7, 11) is 0. The van der Waals surface area contributed by atoms with Crippen LogP contribution >= 0.6 is 22.9 Å². The van der Waals surface area contributed by atoms with Gasteiger partial charge in [-0.2, -0.15) is 0 Å². The highest BCUT2D eigenvalue weighted by molar-refractivity contribution is 7.22. The standard InChI is InChI=1S/C18H16ClN3O3S/c1-10(23)25-18-16-14(17(21-22-18)20-13-5-6-24-9-13)8-15(26-16)11-3-2-4-12(19)7-11/h2-4,7-8,13H,5-6,9H2,1H3,(H,20,21). The number of esters is 1. The Kier molecular flexibility index (Phi) is 4.76. The molecule has 1 aromatic carbocycles. The van der Waals surface area contributed by atoms with E-state index >= 15 is 0 Å². The van der Waals surface area contributed by atoms with Gasteiger partial charge in [0.2, 0.25) is 0 Å². The van der Waals surface area contributed by atoms with Crippen LogP contribution in [0.3, 0.4) is 0 Å². The molecule has 3 heterocycles. The maximum Gasteiger partial charge on any atom is 0.309 e. The number of ether oxygens (including phenoxy) is 2. The molecule has 4 rings (SSSR count). The molecule has 1 aliphatic heterocycles. The van der Waals surface area contributed by atoms with Crippen molar-refractivity contribution in [2.45, 2.75) is 19.4 Å². The fraction of sp³-hybridized carbons (Fsp3) is 0.278. The molecule has 3 aromatic rings. The van der Waals surface area contributed by atoms with Crippen LogP contribution < -0.4 is 10.1 Å². The van der Waals surface area contributed by atoms with Crippen molar-refractivity contribution in [1.82, 2.24) is 10.2 Å². The van der Waals surface area contributed by atoms with E-state index in [9.17, 15) is 4.79 Å². The second kappa shape index (κ2) is 7.19. The smallest absolute Gasteiger partial charge is 0.309 e. The molecule has 2 aromatic heterocycles. The van der Waals surface area contributed by atoms with E-state index in [2.05, 4.69) is 15.5 Å². The third kappa shape index (κ3) is 3.51. The zero-order chi connectivity index (χ0) is 18.1. The Labute approximate surface area is 159 Å². The Hall–Kier alpha value is -2.22. The Morgan fingerprint density at radius 2 is 2.27 bits per heavy atom. The molecular formula is C18H16ClN3O3S. The van der Waals surface area contributed by atoms with Gasteiger partial charge in [-0.1, -0.05) is 23.7 Å². The highest BCUT2D eigenvalue weighted by Gasteiger charge is 2.21. The zero-order valence-electron chi connectivity index (χ0n) is 14.0. The number of fused-ring (bicyclic) bond motifs is 1. The molecule has 1 N–H and O–H groups in total. The minimum atomic E-state index is -0.428. The molecule has 134 valence electrons. The summed E-state index contributed by atoms with van der Waals surface area (Å²) in [6.45, 7) is 2.72. The lowest BCUT2D eigenvalue weighted by Crippen LogP contribution is -2.20. The molecule has 6 nitrogen and oxygen atoms in total. The molecule has 0 radical (unpaired) electrons. The average Bonchev–Trinajstić information content (AvgIpc) is 3.26. The van der Waals surface area contributed by atoms with E-state index in [1.54, 1.807) is 0 Å². The number of carbonyl (C=O) groups excluding carboxylic acids is 1. The fourth-order valence-electron chi connectivity index (χ4n) is 2.86. The molecule has 0 aliphatic carbocycles. The summed E-state index contributed by atoms with van der Waals surface area (Å²) < 4.78 is 11.4. The topological polar surface area (TPSA) is 73.3 Å². The molecule has 0 bridgehead atoms. The molecule has 8 heteroatoms. The normalized spacial score (nSPS) is 16.8.